The van der Waals surface area contributed by atoms with Crippen molar-refractivity contribution in [1.29, 1.82) is 0 Å². The second-order valence-corrected chi connectivity index (χ2v) is 4.50. The van der Waals surface area contributed by atoms with E-state index in [1.165, 1.54) is 12.1 Å². The van der Waals surface area contributed by atoms with E-state index >= 15 is 0 Å². The minimum Gasteiger partial charge on any atom is -0.496 e. The number of halogens is 1. The monoisotopic (exact) mass is 236 g/mol. The first-order valence-corrected chi connectivity index (χ1v) is 6.08. The van der Waals surface area contributed by atoms with Gasteiger partial charge in [-0.3, -0.25) is 4.79 Å². The third-order valence-corrected chi connectivity index (χ3v) is 3.37. The molecular formula is C14H17FO2. The summed E-state index contributed by atoms with van der Waals surface area (Å²) in [5.74, 6) is 0.332. The molecule has 1 aromatic rings. The molecule has 1 atom stereocenters. The second kappa shape index (κ2) is 5.30. The number of carbonyl (C=O) groups is 1. The van der Waals surface area contributed by atoms with Crippen LogP contribution in [-0.4, -0.2) is 12.9 Å². The van der Waals surface area contributed by atoms with Gasteiger partial charge in [-0.25, -0.2) is 4.39 Å². The van der Waals surface area contributed by atoms with E-state index in [1.54, 1.807) is 13.2 Å². The van der Waals surface area contributed by atoms with Crippen LogP contribution < -0.4 is 4.74 Å². The number of methoxy groups -OCH3 is 1. The number of ether oxygens (including phenoxy) is 1. The van der Waals surface area contributed by atoms with Crippen LogP contribution in [0, 0.1) is 5.82 Å². The molecule has 17 heavy (non-hydrogen) atoms. The maximum Gasteiger partial charge on any atom is 0.140 e. The molecule has 92 valence electrons. The Morgan fingerprint density at radius 2 is 2.12 bits per heavy atom. The van der Waals surface area contributed by atoms with Crippen LogP contribution in [-0.2, 0) is 4.79 Å². The van der Waals surface area contributed by atoms with Crippen molar-refractivity contribution in [1.82, 2.24) is 0 Å². The van der Waals surface area contributed by atoms with Gasteiger partial charge in [0.05, 0.1) is 7.11 Å². The Balaban J connectivity index is 2.36. The first kappa shape index (κ1) is 12.1. The zero-order valence-corrected chi connectivity index (χ0v) is 10.0. The molecule has 1 unspecified atom stereocenters. The average Bonchev–Trinajstić information content (AvgIpc) is 2.54. The van der Waals surface area contributed by atoms with Crippen LogP contribution in [0.3, 0.4) is 0 Å². The normalized spacial score (nSPS) is 21.1. The summed E-state index contributed by atoms with van der Waals surface area (Å²) in [6.07, 6.45) is 4.46. The molecule has 1 aliphatic rings. The first-order valence-electron chi connectivity index (χ1n) is 6.08. The Hall–Kier alpha value is -1.38. The zero-order chi connectivity index (χ0) is 12.3. The van der Waals surface area contributed by atoms with Gasteiger partial charge in [0.2, 0.25) is 0 Å². The van der Waals surface area contributed by atoms with Crippen LogP contribution in [0.1, 0.15) is 43.6 Å². The smallest absolute Gasteiger partial charge is 0.140 e. The van der Waals surface area contributed by atoms with E-state index < -0.39 is 0 Å². The van der Waals surface area contributed by atoms with Gasteiger partial charge in [0, 0.05) is 17.9 Å². The molecule has 1 aromatic carbocycles. The summed E-state index contributed by atoms with van der Waals surface area (Å²) in [7, 11) is 1.55. The van der Waals surface area contributed by atoms with Gasteiger partial charge in [0.15, 0.2) is 0 Å². The lowest BCUT2D eigenvalue weighted by atomic mass is 9.90. The van der Waals surface area contributed by atoms with Crippen LogP contribution in [0.15, 0.2) is 18.2 Å². The standard InChI is InChI=1S/C14H17FO2/c1-17-14-8-7-10(15)9-12(14)11-5-3-2-4-6-13(11)16/h7-9,11H,2-6H2,1H3. The molecule has 0 N–H and O–H groups in total. The Labute approximate surface area is 101 Å². The van der Waals surface area contributed by atoms with Crippen molar-refractivity contribution in [3.63, 3.8) is 0 Å². The van der Waals surface area contributed by atoms with Gasteiger partial charge in [0.1, 0.15) is 17.3 Å². The summed E-state index contributed by atoms with van der Waals surface area (Å²) in [5.41, 5.74) is 0.708. The van der Waals surface area contributed by atoms with E-state index in [4.69, 9.17) is 4.74 Å². The Kier molecular flexibility index (Phi) is 3.77. The fourth-order valence-corrected chi connectivity index (χ4v) is 2.47. The summed E-state index contributed by atoms with van der Waals surface area (Å²) < 4.78 is 18.5. The maximum absolute atomic E-state index is 13.3. The molecule has 0 heterocycles. The average molecular weight is 236 g/mol. The molecule has 1 aliphatic carbocycles. The minimum absolute atomic E-state index is 0.192. The van der Waals surface area contributed by atoms with Gasteiger partial charge in [-0.15, -0.1) is 0 Å². The Morgan fingerprint density at radius 3 is 2.88 bits per heavy atom. The quantitative estimate of drug-likeness (QED) is 0.735. The third kappa shape index (κ3) is 2.65. The summed E-state index contributed by atoms with van der Waals surface area (Å²) in [4.78, 5) is 12.0. The molecule has 1 fully saturated rings. The number of rotatable bonds is 2. The molecule has 2 rings (SSSR count). The van der Waals surface area contributed by atoms with Crippen LogP contribution in [0.4, 0.5) is 4.39 Å². The van der Waals surface area contributed by atoms with E-state index in [-0.39, 0.29) is 17.5 Å². The molecule has 2 nitrogen and oxygen atoms in total. The summed E-state index contributed by atoms with van der Waals surface area (Å²) in [5, 5.41) is 0. The highest BCUT2D eigenvalue weighted by Gasteiger charge is 2.25. The Morgan fingerprint density at radius 1 is 1.29 bits per heavy atom. The van der Waals surface area contributed by atoms with Crippen molar-refractivity contribution >= 4 is 5.78 Å². The van der Waals surface area contributed by atoms with Crippen LogP contribution in [0.5, 0.6) is 5.75 Å². The molecule has 0 radical (unpaired) electrons. The van der Waals surface area contributed by atoms with Gasteiger partial charge in [-0.2, -0.15) is 0 Å². The van der Waals surface area contributed by atoms with E-state index in [2.05, 4.69) is 0 Å². The van der Waals surface area contributed by atoms with Crippen LogP contribution >= 0.6 is 0 Å². The zero-order valence-electron chi connectivity index (χ0n) is 10.0. The fraction of sp³-hybridized carbons (Fsp3) is 0.500. The lowest BCUT2D eigenvalue weighted by molar-refractivity contribution is -0.120. The molecule has 0 amide bonds. The number of ketones is 1. The highest BCUT2D eigenvalue weighted by Crippen LogP contribution is 2.34. The van der Waals surface area contributed by atoms with E-state index in [9.17, 15) is 9.18 Å². The van der Waals surface area contributed by atoms with Crippen molar-refractivity contribution < 1.29 is 13.9 Å². The summed E-state index contributed by atoms with van der Waals surface area (Å²) >= 11 is 0. The summed E-state index contributed by atoms with van der Waals surface area (Å²) in [6, 6.07) is 4.40. The lowest BCUT2D eigenvalue weighted by Crippen LogP contribution is -2.12. The first-order chi connectivity index (χ1) is 8.22. The van der Waals surface area contributed by atoms with Crippen molar-refractivity contribution in [2.75, 3.05) is 7.11 Å². The van der Waals surface area contributed by atoms with Gasteiger partial charge < -0.3 is 4.74 Å². The number of hydrogen-bond donors (Lipinski definition) is 0. The predicted molar refractivity (Wildman–Crippen MR) is 63.8 cm³/mol. The van der Waals surface area contributed by atoms with Crippen LogP contribution in [0.25, 0.3) is 0 Å². The molecule has 1 saturated carbocycles. The molecule has 0 bridgehead atoms. The van der Waals surface area contributed by atoms with Crippen LogP contribution in [0.2, 0.25) is 0 Å². The highest BCUT2D eigenvalue weighted by molar-refractivity contribution is 5.86. The molecule has 0 aliphatic heterocycles. The van der Waals surface area contributed by atoms with E-state index in [1.807, 2.05) is 0 Å². The molecule has 0 saturated heterocycles. The molecule has 3 heteroatoms. The van der Waals surface area contributed by atoms with Gasteiger partial charge in [0.25, 0.3) is 0 Å². The highest BCUT2D eigenvalue weighted by atomic mass is 19.1. The van der Waals surface area contributed by atoms with Crippen molar-refractivity contribution in [3.8, 4) is 5.75 Å². The number of benzene rings is 1. The Bertz CT molecular complexity index is 415. The molecule has 0 spiro atoms. The number of Topliss-reactive ketones (excluding diaryl/α,β-unsaturated/α-hetero) is 1. The van der Waals surface area contributed by atoms with Crippen molar-refractivity contribution in [3.05, 3.63) is 29.6 Å². The van der Waals surface area contributed by atoms with Gasteiger partial charge >= 0.3 is 0 Å². The summed E-state index contributed by atoms with van der Waals surface area (Å²) in [6.45, 7) is 0. The lowest BCUT2D eigenvalue weighted by Gasteiger charge is -2.16. The van der Waals surface area contributed by atoms with Gasteiger partial charge in [-0.05, 0) is 31.0 Å². The van der Waals surface area contributed by atoms with E-state index in [0.717, 1.165) is 25.7 Å². The topological polar surface area (TPSA) is 26.3 Å². The fourth-order valence-electron chi connectivity index (χ4n) is 2.47. The minimum atomic E-state index is -0.308. The maximum atomic E-state index is 13.3. The molecule has 0 aromatic heterocycles. The largest absolute Gasteiger partial charge is 0.496 e. The van der Waals surface area contributed by atoms with E-state index in [0.29, 0.717) is 17.7 Å². The second-order valence-electron chi connectivity index (χ2n) is 4.50. The third-order valence-electron chi connectivity index (χ3n) is 3.37. The predicted octanol–water partition coefficient (Wildman–Crippen LogP) is 3.45. The van der Waals surface area contributed by atoms with Crippen molar-refractivity contribution in [2.24, 2.45) is 0 Å². The number of hydrogen-bond acceptors (Lipinski definition) is 2. The number of carbonyl (C=O) groups excluding carboxylic acids is 1. The SMILES string of the molecule is COc1ccc(F)cc1C1CCCCCC1=O. The molecular weight excluding hydrogens is 219 g/mol. The van der Waals surface area contributed by atoms with Crippen molar-refractivity contribution in [2.45, 2.75) is 38.0 Å². The van der Waals surface area contributed by atoms with Gasteiger partial charge in [-0.1, -0.05) is 12.8 Å².